The molecule has 0 radical (unpaired) electrons. The average molecular weight is 381 g/mol. The van der Waals surface area contributed by atoms with Gasteiger partial charge in [-0.05, 0) is 69.2 Å². The molecule has 6 nitrogen and oxygen atoms in total. The normalized spacial score (nSPS) is 15.9. The minimum Gasteiger partial charge on any atom is -0.372 e. The zero-order chi connectivity index (χ0) is 19.9. The van der Waals surface area contributed by atoms with Gasteiger partial charge in [0.25, 0.3) is 11.8 Å². The molecule has 1 fully saturated rings. The van der Waals surface area contributed by atoms with E-state index in [1.807, 2.05) is 24.3 Å². The van der Waals surface area contributed by atoms with Crippen molar-refractivity contribution < 1.29 is 14.3 Å². The van der Waals surface area contributed by atoms with E-state index in [9.17, 15) is 9.59 Å². The summed E-state index contributed by atoms with van der Waals surface area (Å²) >= 11 is 0. The largest absolute Gasteiger partial charge is 0.372 e. The lowest BCUT2D eigenvalue weighted by atomic mass is 10.1. The Morgan fingerprint density at radius 3 is 2.43 bits per heavy atom. The first-order chi connectivity index (χ1) is 13.6. The second-order valence-electron chi connectivity index (χ2n) is 6.75. The van der Waals surface area contributed by atoms with Gasteiger partial charge in [0.1, 0.15) is 6.10 Å². The van der Waals surface area contributed by atoms with Gasteiger partial charge < -0.3 is 20.3 Å². The number of carbonyl (C=O) groups excluding carboxylic acids is 2. The third-order valence-corrected chi connectivity index (χ3v) is 4.87. The SMILES string of the molecule is CCN(CC)c1ccc(NC(=O)c2cccc(NC(=O)C3CCCO3)c2)cc1. The Morgan fingerprint density at radius 1 is 1.04 bits per heavy atom. The summed E-state index contributed by atoms with van der Waals surface area (Å²) < 4.78 is 5.39. The minimum absolute atomic E-state index is 0.165. The molecule has 6 heteroatoms. The molecule has 2 N–H and O–H groups in total. The number of anilines is 3. The molecular weight excluding hydrogens is 354 g/mol. The van der Waals surface area contributed by atoms with Gasteiger partial charge in [0.05, 0.1) is 0 Å². The van der Waals surface area contributed by atoms with E-state index in [1.165, 1.54) is 0 Å². The maximum Gasteiger partial charge on any atom is 0.255 e. The van der Waals surface area contributed by atoms with Crippen LogP contribution in [-0.2, 0) is 9.53 Å². The van der Waals surface area contributed by atoms with Crippen LogP contribution in [0.3, 0.4) is 0 Å². The topological polar surface area (TPSA) is 70.7 Å². The van der Waals surface area contributed by atoms with Gasteiger partial charge in [-0.1, -0.05) is 6.07 Å². The number of amides is 2. The summed E-state index contributed by atoms with van der Waals surface area (Å²) in [5, 5.41) is 5.73. The van der Waals surface area contributed by atoms with Crippen molar-refractivity contribution in [2.75, 3.05) is 35.2 Å². The number of nitrogens with one attached hydrogen (secondary N) is 2. The van der Waals surface area contributed by atoms with Gasteiger partial charge in [0.15, 0.2) is 0 Å². The van der Waals surface area contributed by atoms with E-state index in [4.69, 9.17) is 4.74 Å². The van der Waals surface area contributed by atoms with Crippen LogP contribution in [0.25, 0.3) is 0 Å². The summed E-state index contributed by atoms with van der Waals surface area (Å²) in [6, 6.07) is 14.7. The third kappa shape index (κ3) is 4.89. The van der Waals surface area contributed by atoms with Crippen molar-refractivity contribution >= 4 is 28.9 Å². The predicted octanol–water partition coefficient (Wildman–Crippen LogP) is 3.90. The molecule has 0 aliphatic carbocycles. The lowest BCUT2D eigenvalue weighted by Crippen LogP contribution is -2.27. The monoisotopic (exact) mass is 381 g/mol. The second kappa shape index (κ2) is 9.37. The first kappa shape index (κ1) is 19.9. The Bertz CT molecular complexity index is 810. The fourth-order valence-corrected chi connectivity index (χ4v) is 3.29. The van der Waals surface area contributed by atoms with Crippen LogP contribution >= 0.6 is 0 Å². The number of ether oxygens (including phenoxy) is 1. The quantitative estimate of drug-likeness (QED) is 0.763. The smallest absolute Gasteiger partial charge is 0.255 e. The zero-order valence-corrected chi connectivity index (χ0v) is 16.4. The molecule has 2 amide bonds. The molecule has 2 aromatic carbocycles. The van der Waals surface area contributed by atoms with Crippen molar-refractivity contribution in [1.29, 1.82) is 0 Å². The van der Waals surface area contributed by atoms with Gasteiger partial charge in [-0.15, -0.1) is 0 Å². The first-order valence-electron chi connectivity index (χ1n) is 9.79. The molecule has 1 aliphatic rings. The lowest BCUT2D eigenvalue weighted by molar-refractivity contribution is -0.124. The maximum atomic E-state index is 12.6. The molecular formula is C22H27N3O3. The van der Waals surface area contributed by atoms with E-state index in [0.29, 0.717) is 17.9 Å². The summed E-state index contributed by atoms with van der Waals surface area (Å²) in [5.41, 5.74) is 2.93. The Kier molecular flexibility index (Phi) is 6.66. The number of rotatable bonds is 7. The van der Waals surface area contributed by atoms with Crippen LogP contribution in [0.2, 0.25) is 0 Å². The van der Waals surface area contributed by atoms with E-state index in [1.54, 1.807) is 24.3 Å². The van der Waals surface area contributed by atoms with Crippen molar-refractivity contribution in [2.24, 2.45) is 0 Å². The minimum atomic E-state index is -0.401. The van der Waals surface area contributed by atoms with Gasteiger partial charge in [-0.25, -0.2) is 0 Å². The summed E-state index contributed by atoms with van der Waals surface area (Å²) in [4.78, 5) is 27.0. The molecule has 1 aliphatic heterocycles. The molecule has 2 aromatic rings. The van der Waals surface area contributed by atoms with Crippen molar-refractivity contribution in [2.45, 2.75) is 32.8 Å². The molecule has 0 spiro atoms. The number of benzene rings is 2. The Labute approximate surface area is 165 Å². The van der Waals surface area contributed by atoms with Crippen LogP contribution in [0.15, 0.2) is 48.5 Å². The molecule has 1 saturated heterocycles. The predicted molar refractivity (Wildman–Crippen MR) is 112 cm³/mol. The number of hydrogen-bond acceptors (Lipinski definition) is 4. The van der Waals surface area contributed by atoms with Gasteiger partial charge in [0.2, 0.25) is 0 Å². The van der Waals surface area contributed by atoms with Crippen LogP contribution in [0.1, 0.15) is 37.0 Å². The number of nitrogens with zero attached hydrogens (tertiary/aromatic N) is 1. The lowest BCUT2D eigenvalue weighted by Gasteiger charge is -2.21. The molecule has 0 saturated carbocycles. The van der Waals surface area contributed by atoms with Crippen molar-refractivity contribution in [3.63, 3.8) is 0 Å². The van der Waals surface area contributed by atoms with E-state index in [2.05, 4.69) is 29.4 Å². The summed E-state index contributed by atoms with van der Waals surface area (Å²) in [7, 11) is 0. The fraction of sp³-hybridized carbons (Fsp3) is 0.364. The Hall–Kier alpha value is -2.86. The molecule has 28 heavy (non-hydrogen) atoms. The van der Waals surface area contributed by atoms with Gasteiger partial charge >= 0.3 is 0 Å². The van der Waals surface area contributed by atoms with E-state index >= 15 is 0 Å². The molecule has 0 aromatic heterocycles. The van der Waals surface area contributed by atoms with Gasteiger partial charge in [-0.3, -0.25) is 9.59 Å². The molecule has 3 rings (SSSR count). The average Bonchev–Trinajstić information content (AvgIpc) is 3.25. The molecule has 1 atom stereocenters. The van der Waals surface area contributed by atoms with E-state index < -0.39 is 6.10 Å². The molecule has 1 heterocycles. The standard InChI is InChI=1S/C22H27N3O3/c1-3-25(4-2)19-12-10-17(11-13-19)23-21(26)16-7-5-8-18(15-16)24-22(27)20-9-6-14-28-20/h5,7-8,10-13,15,20H,3-4,6,9,14H2,1-2H3,(H,23,26)(H,24,27). The summed E-state index contributed by atoms with van der Waals surface area (Å²) in [6.45, 7) is 6.72. The number of carbonyl (C=O) groups is 2. The van der Waals surface area contributed by atoms with Crippen LogP contribution in [-0.4, -0.2) is 37.6 Å². The highest BCUT2D eigenvalue weighted by Gasteiger charge is 2.23. The summed E-state index contributed by atoms with van der Waals surface area (Å²) in [6.07, 6.45) is 1.23. The molecule has 1 unspecified atom stereocenters. The van der Waals surface area contributed by atoms with Crippen LogP contribution < -0.4 is 15.5 Å². The second-order valence-corrected chi connectivity index (χ2v) is 6.75. The fourth-order valence-electron chi connectivity index (χ4n) is 3.29. The Morgan fingerprint density at radius 2 is 1.79 bits per heavy atom. The van der Waals surface area contributed by atoms with Gasteiger partial charge in [0, 0.05) is 42.3 Å². The molecule has 0 bridgehead atoms. The summed E-state index contributed by atoms with van der Waals surface area (Å²) in [5.74, 6) is -0.383. The molecule has 148 valence electrons. The number of hydrogen-bond donors (Lipinski definition) is 2. The van der Waals surface area contributed by atoms with Gasteiger partial charge in [-0.2, -0.15) is 0 Å². The zero-order valence-electron chi connectivity index (χ0n) is 16.4. The van der Waals surface area contributed by atoms with Crippen LogP contribution in [0.4, 0.5) is 17.1 Å². The van der Waals surface area contributed by atoms with E-state index in [0.717, 1.165) is 37.3 Å². The maximum absolute atomic E-state index is 12.6. The van der Waals surface area contributed by atoms with Crippen molar-refractivity contribution in [3.8, 4) is 0 Å². The Balaban J connectivity index is 1.63. The highest BCUT2D eigenvalue weighted by Crippen LogP contribution is 2.20. The third-order valence-electron chi connectivity index (χ3n) is 4.87. The van der Waals surface area contributed by atoms with Crippen molar-refractivity contribution in [3.05, 3.63) is 54.1 Å². The highest BCUT2D eigenvalue weighted by atomic mass is 16.5. The van der Waals surface area contributed by atoms with Crippen molar-refractivity contribution in [1.82, 2.24) is 0 Å². The first-order valence-corrected chi connectivity index (χ1v) is 9.79. The van der Waals surface area contributed by atoms with E-state index in [-0.39, 0.29) is 11.8 Å². The van der Waals surface area contributed by atoms with Crippen LogP contribution in [0, 0.1) is 0 Å². The van der Waals surface area contributed by atoms with Crippen LogP contribution in [0.5, 0.6) is 0 Å². The highest BCUT2D eigenvalue weighted by molar-refractivity contribution is 6.05.